The van der Waals surface area contributed by atoms with Gasteiger partial charge in [0.15, 0.2) is 0 Å². The minimum absolute atomic E-state index is 0.214. The van der Waals surface area contributed by atoms with Gasteiger partial charge in [0.25, 0.3) is 0 Å². The third-order valence-corrected chi connectivity index (χ3v) is 5.69. The molecule has 0 aromatic carbocycles. The zero-order valence-corrected chi connectivity index (χ0v) is 13.0. The van der Waals surface area contributed by atoms with Gasteiger partial charge in [-0.1, -0.05) is 0 Å². The van der Waals surface area contributed by atoms with Gasteiger partial charge in [-0.05, 0) is 38.8 Å². The molecule has 1 unspecified atom stereocenters. The Balaban J connectivity index is 1.93. The summed E-state index contributed by atoms with van der Waals surface area (Å²) >= 11 is 0. The number of hydrogen-bond donors (Lipinski definition) is 0. The average Bonchev–Trinajstić information content (AvgIpc) is 3.18. The highest BCUT2D eigenvalue weighted by Crippen LogP contribution is 2.37. The summed E-state index contributed by atoms with van der Waals surface area (Å²) in [5.74, 6) is 1.52. The maximum atomic E-state index is 12.8. The highest BCUT2D eigenvalue weighted by Gasteiger charge is 2.38. The van der Waals surface area contributed by atoms with Gasteiger partial charge in [0.1, 0.15) is 16.4 Å². The molecule has 0 spiro atoms. The summed E-state index contributed by atoms with van der Waals surface area (Å²) in [4.78, 5) is 0.250. The lowest BCUT2D eigenvalue weighted by Crippen LogP contribution is -2.30. The number of hydrogen-bond acceptors (Lipinski definition) is 4. The van der Waals surface area contributed by atoms with Crippen LogP contribution in [0.25, 0.3) is 0 Å². The molecule has 3 heterocycles. The second-order valence-corrected chi connectivity index (χ2v) is 7.14. The summed E-state index contributed by atoms with van der Waals surface area (Å²) in [7, 11) is -3.53. The van der Waals surface area contributed by atoms with E-state index in [1.54, 1.807) is 10.9 Å². The van der Waals surface area contributed by atoms with Gasteiger partial charge in [0, 0.05) is 19.3 Å². The largest absolute Gasteiger partial charge is 0.465 e. The minimum atomic E-state index is -3.53. The van der Waals surface area contributed by atoms with Gasteiger partial charge in [-0.2, -0.15) is 9.40 Å². The molecule has 1 fully saturated rings. The topological polar surface area (TPSA) is 68.3 Å². The SMILES string of the molecule is CCn1cc(S(=O)(=O)N2CCCC2c2ccc(C)o2)cn1. The molecular formula is C14H19N3O3S. The molecule has 2 aromatic heterocycles. The molecule has 3 rings (SSSR count). The van der Waals surface area contributed by atoms with Crippen LogP contribution in [-0.2, 0) is 16.6 Å². The molecule has 2 aromatic rings. The first-order valence-electron chi connectivity index (χ1n) is 7.13. The van der Waals surface area contributed by atoms with E-state index in [1.807, 2.05) is 26.0 Å². The van der Waals surface area contributed by atoms with Crippen molar-refractivity contribution in [3.8, 4) is 0 Å². The summed E-state index contributed by atoms with van der Waals surface area (Å²) in [5, 5.41) is 4.06. The Morgan fingerprint density at radius 2 is 2.24 bits per heavy atom. The summed E-state index contributed by atoms with van der Waals surface area (Å²) in [6.07, 6.45) is 4.62. The minimum Gasteiger partial charge on any atom is -0.465 e. The summed E-state index contributed by atoms with van der Waals surface area (Å²) in [6, 6.07) is 3.52. The first-order valence-corrected chi connectivity index (χ1v) is 8.57. The lowest BCUT2D eigenvalue weighted by Gasteiger charge is -2.21. The van der Waals surface area contributed by atoms with Crippen LogP contribution >= 0.6 is 0 Å². The molecule has 0 saturated carbocycles. The predicted octanol–water partition coefficient (Wildman–Crippen LogP) is 2.33. The van der Waals surface area contributed by atoms with Crippen molar-refractivity contribution in [3.05, 3.63) is 36.0 Å². The summed E-state index contributed by atoms with van der Waals surface area (Å²) < 4.78 is 34.3. The molecule has 0 amide bonds. The van der Waals surface area contributed by atoms with E-state index in [-0.39, 0.29) is 10.9 Å². The summed E-state index contributed by atoms with van der Waals surface area (Å²) in [6.45, 7) is 4.95. The third-order valence-electron chi connectivity index (χ3n) is 3.83. The van der Waals surface area contributed by atoms with Crippen molar-refractivity contribution in [1.82, 2.24) is 14.1 Å². The lowest BCUT2D eigenvalue weighted by molar-refractivity contribution is 0.334. The number of sulfonamides is 1. The van der Waals surface area contributed by atoms with Crippen LogP contribution < -0.4 is 0 Å². The molecule has 1 aliphatic rings. The molecule has 1 aliphatic heterocycles. The van der Waals surface area contributed by atoms with Gasteiger partial charge in [-0.3, -0.25) is 4.68 Å². The van der Waals surface area contributed by atoms with E-state index in [0.717, 1.165) is 24.4 Å². The number of aryl methyl sites for hydroxylation is 2. The van der Waals surface area contributed by atoms with Crippen LogP contribution in [0.4, 0.5) is 0 Å². The molecule has 0 radical (unpaired) electrons. The monoisotopic (exact) mass is 309 g/mol. The molecule has 0 bridgehead atoms. The van der Waals surface area contributed by atoms with Gasteiger partial charge in [0.2, 0.25) is 10.0 Å². The standard InChI is InChI=1S/C14H19N3O3S/c1-3-16-10-12(9-15-16)21(18,19)17-8-4-5-13(17)14-7-6-11(2)20-14/h6-7,9-10,13H,3-5,8H2,1-2H3. The van der Waals surface area contributed by atoms with E-state index in [1.165, 1.54) is 10.5 Å². The van der Waals surface area contributed by atoms with Gasteiger partial charge < -0.3 is 4.42 Å². The average molecular weight is 309 g/mol. The van der Waals surface area contributed by atoms with Gasteiger partial charge in [-0.25, -0.2) is 8.42 Å². The smallest absolute Gasteiger partial charge is 0.246 e. The predicted molar refractivity (Wildman–Crippen MR) is 77.2 cm³/mol. The zero-order chi connectivity index (χ0) is 15.0. The molecular weight excluding hydrogens is 290 g/mol. The Bertz CT molecular complexity index is 732. The van der Waals surface area contributed by atoms with Crippen molar-refractivity contribution in [2.75, 3.05) is 6.54 Å². The van der Waals surface area contributed by atoms with Crippen molar-refractivity contribution in [2.24, 2.45) is 0 Å². The number of rotatable bonds is 4. The Labute approximate surface area is 124 Å². The Morgan fingerprint density at radius 1 is 1.43 bits per heavy atom. The van der Waals surface area contributed by atoms with Crippen LogP contribution in [0.3, 0.4) is 0 Å². The Morgan fingerprint density at radius 3 is 2.86 bits per heavy atom. The first-order chi connectivity index (χ1) is 10.0. The van der Waals surface area contributed by atoms with E-state index in [4.69, 9.17) is 4.42 Å². The second kappa shape index (κ2) is 5.31. The van der Waals surface area contributed by atoms with E-state index < -0.39 is 10.0 Å². The van der Waals surface area contributed by atoms with Crippen LogP contribution in [-0.4, -0.2) is 29.0 Å². The van der Waals surface area contributed by atoms with Gasteiger partial charge in [-0.15, -0.1) is 0 Å². The van der Waals surface area contributed by atoms with Crippen molar-refractivity contribution in [1.29, 1.82) is 0 Å². The highest BCUT2D eigenvalue weighted by atomic mass is 32.2. The Hall–Kier alpha value is -1.60. The molecule has 1 saturated heterocycles. The maximum Gasteiger partial charge on any atom is 0.246 e. The molecule has 114 valence electrons. The molecule has 6 nitrogen and oxygen atoms in total. The lowest BCUT2D eigenvalue weighted by atomic mass is 10.2. The van der Waals surface area contributed by atoms with Crippen molar-refractivity contribution >= 4 is 10.0 Å². The van der Waals surface area contributed by atoms with Crippen LogP contribution in [0.1, 0.15) is 37.3 Å². The van der Waals surface area contributed by atoms with E-state index in [2.05, 4.69) is 5.10 Å². The number of furan rings is 1. The molecule has 7 heteroatoms. The molecule has 1 atom stereocenters. The zero-order valence-electron chi connectivity index (χ0n) is 12.2. The fourth-order valence-corrected chi connectivity index (χ4v) is 4.35. The van der Waals surface area contributed by atoms with E-state index in [9.17, 15) is 8.42 Å². The van der Waals surface area contributed by atoms with E-state index >= 15 is 0 Å². The van der Waals surface area contributed by atoms with Gasteiger partial charge >= 0.3 is 0 Å². The Kier molecular flexibility index (Phi) is 3.62. The number of aromatic nitrogens is 2. The maximum absolute atomic E-state index is 12.8. The molecule has 21 heavy (non-hydrogen) atoms. The van der Waals surface area contributed by atoms with Crippen LogP contribution in [0.15, 0.2) is 33.8 Å². The van der Waals surface area contributed by atoms with Crippen molar-refractivity contribution in [2.45, 2.75) is 44.2 Å². The molecule has 0 N–H and O–H groups in total. The van der Waals surface area contributed by atoms with Gasteiger partial charge in [0.05, 0.1) is 12.2 Å². The van der Waals surface area contributed by atoms with E-state index in [0.29, 0.717) is 13.1 Å². The third kappa shape index (κ3) is 2.51. The quantitative estimate of drug-likeness (QED) is 0.869. The fraction of sp³-hybridized carbons (Fsp3) is 0.500. The van der Waals surface area contributed by atoms with Crippen LogP contribution in [0, 0.1) is 6.92 Å². The van der Waals surface area contributed by atoms with Crippen LogP contribution in [0.2, 0.25) is 0 Å². The van der Waals surface area contributed by atoms with Crippen molar-refractivity contribution in [3.63, 3.8) is 0 Å². The second-order valence-electron chi connectivity index (χ2n) is 5.25. The fourth-order valence-electron chi connectivity index (χ4n) is 2.73. The number of nitrogens with zero attached hydrogens (tertiary/aromatic N) is 3. The highest BCUT2D eigenvalue weighted by molar-refractivity contribution is 7.89. The van der Waals surface area contributed by atoms with Crippen molar-refractivity contribution < 1.29 is 12.8 Å². The first kappa shape index (κ1) is 14.3. The normalized spacial score (nSPS) is 20.2. The van der Waals surface area contributed by atoms with Crippen LogP contribution in [0.5, 0.6) is 0 Å². The molecule has 0 aliphatic carbocycles. The summed E-state index contributed by atoms with van der Waals surface area (Å²) in [5.41, 5.74) is 0.